The summed E-state index contributed by atoms with van der Waals surface area (Å²) in [6, 6.07) is 17.4. The summed E-state index contributed by atoms with van der Waals surface area (Å²) in [5.74, 6) is 0. The molecule has 2 unspecified atom stereocenters. The molecule has 1 N–H and O–H groups in total. The fourth-order valence-electron chi connectivity index (χ4n) is 3.82. The quantitative estimate of drug-likeness (QED) is 0.775. The van der Waals surface area contributed by atoms with Gasteiger partial charge in [-0.05, 0) is 37.8 Å². The molecule has 0 spiro atoms. The molecule has 0 amide bonds. The number of hydrogen-bond acceptors (Lipinski definition) is 2. The first-order valence-electron chi connectivity index (χ1n) is 8.35. The highest BCUT2D eigenvalue weighted by atomic mass is 31.2. The molecule has 3 heteroatoms. The fourth-order valence-corrected chi connectivity index (χ4v) is 7.65. The standard InChI is InChI=1S/C20H27NOP/c1-15-5-9-17(10-6-15)19-13-14-20(23(19,22)21(3)4)18-11-7-16(2)8-12-18/h5-12,19-20,22H,13-14H2,1-4H3/q+1. The Balaban J connectivity index is 2.00. The van der Waals surface area contributed by atoms with E-state index in [9.17, 15) is 4.89 Å². The smallest absolute Gasteiger partial charge is 0.225 e. The Hall–Kier alpha value is -1.21. The summed E-state index contributed by atoms with van der Waals surface area (Å²) in [6.07, 6.45) is 2.12. The highest BCUT2D eigenvalue weighted by Crippen LogP contribution is 2.82. The van der Waals surface area contributed by atoms with Crippen LogP contribution in [0.1, 0.15) is 46.4 Å². The first-order chi connectivity index (χ1) is 10.9. The molecule has 0 aromatic heterocycles. The number of aryl methyl sites for hydroxylation is 2. The molecule has 1 aliphatic heterocycles. The Morgan fingerprint density at radius 1 is 0.783 bits per heavy atom. The lowest BCUT2D eigenvalue weighted by molar-refractivity contribution is 0.480. The number of nitrogens with zero attached hydrogens (tertiary/aromatic N) is 1. The van der Waals surface area contributed by atoms with Crippen molar-refractivity contribution in [2.45, 2.75) is 38.0 Å². The molecule has 1 aliphatic rings. The van der Waals surface area contributed by atoms with Crippen LogP contribution in [0.25, 0.3) is 0 Å². The van der Waals surface area contributed by atoms with Crippen molar-refractivity contribution >= 4 is 7.64 Å². The first kappa shape index (κ1) is 16.6. The Morgan fingerprint density at radius 3 is 1.43 bits per heavy atom. The van der Waals surface area contributed by atoms with Crippen LogP contribution < -0.4 is 0 Å². The van der Waals surface area contributed by atoms with Crippen molar-refractivity contribution in [1.82, 2.24) is 4.67 Å². The van der Waals surface area contributed by atoms with Crippen LogP contribution >= 0.6 is 7.64 Å². The molecule has 0 bridgehead atoms. The van der Waals surface area contributed by atoms with E-state index in [0.717, 1.165) is 12.8 Å². The second-order valence-electron chi connectivity index (χ2n) is 6.98. The van der Waals surface area contributed by atoms with Crippen molar-refractivity contribution in [3.05, 3.63) is 70.8 Å². The van der Waals surface area contributed by atoms with E-state index < -0.39 is 7.64 Å². The van der Waals surface area contributed by atoms with Crippen LogP contribution in [0.3, 0.4) is 0 Å². The number of benzene rings is 2. The van der Waals surface area contributed by atoms with E-state index in [2.05, 4.69) is 67.0 Å². The molecule has 23 heavy (non-hydrogen) atoms. The van der Waals surface area contributed by atoms with E-state index in [1.165, 1.54) is 22.3 Å². The van der Waals surface area contributed by atoms with E-state index in [1.54, 1.807) is 0 Å². The van der Waals surface area contributed by atoms with Gasteiger partial charge in [-0.2, -0.15) is 4.67 Å². The molecule has 0 aliphatic carbocycles. The molecule has 122 valence electrons. The maximum atomic E-state index is 11.8. The zero-order valence-electron chi connectivity index (χ0n) is 14.5. The first-order valence-corrected chi connectivity index (χ1v) is 10.2. The van der Waals surface area contributed by atoms with Gasteiger partial charge in [0.25, 0.3) is 0 Å². The predicted molar refractivity (Wildman–Crippen MR) is 99.9 cm³/mol. The normalized spacial score (nSPS) is 27.6. The van der Waals surface area contributed by atoms with E-state index in [-0.39, 0.29) is 11.3 Å². The SMILES string of the molecule is Cc1ccc(C2CCC(c3ccc(C)cc3)[P+]2(O)N(C)C)cc1. The van der Waals surface area contributed by atoms with Crippen LogP contribution in [0.5, 0.6) is 0 Å². The summed E-state index contributed by atoms with van der Waals surface area (Å²) >= 11 is 0. The third kappa shape index (κ3) is 2.96. The fraction of sp³-hybridized carbons (Fsp3) is 0.400. The summed E-state index contributed by atoms with van der Waals surface area (Å²) in [4.78, 5) is 11.8. The van der Waals surface area contributed by atoms with Gasteiger partial charge in [-0.15, -0.1) is 0 Å². The molecule has 2 nitrogen and oxygen atoms in total. The van der Waals surface area contributed by atoms with E-state index in [4.69, 9.17) is 0 Å². The van der Waals surface area contributed by atoms with Gasteiger partial charge < -0.3 is 0 Å². The average molecular weight is 328 g/mol. The van der Waals surface area contributed by atoms with Crippen molar-refractivity contribution in [3.63, 3.8) is 0 Å². The van der Waals surface area contributed by atoms with Gasteiger partial charge in [0, 0.05) is 14.1 Å². The summed E-state index contributed by atoms with van der Waals surface area (Å²) < 4.78 is 2.12. The van der Waals surface area contributed by atoms with Gasteiger partial charge in [-0.1, -0.05) is 59.7 Å². The monoisotopic (exact) mass is 328 g/mol. The Bertz CT molecular complexity index is 610. The summed E-state index contributed by atoms with van der Waals surface area (Å²) in [5.41, 5.74) is 5.63. The van der Waals surface area contributed by atoms with E-state index in [0.29, 0.717) is 0 Å². The lowest BCUT2D eigenvalue weighted by atomic mass is 10.0. The minimum Gasteiger partial charge on any atom is -0.232 e. The Kier molecular flexibility index (Phi) is 4.60. The maximum absolute atomic E-state index is 11.8. The van der Waals surface area contributed by atoms with E-state index >= 15 is 0 Å². The van der Waals surface area contributed by atoms with Gasteiger partial charge in [0.15, 0.2) is 0 Å². The van der Waals surface area contributed by atoms with Crippen molar-refractivity contribution in [2.75, 3.05) is 14.1 Å². The molecule has 1 heterocycles. The van der Waals surface area contributed by atoms with Crippen molar-refractivity contribution < 1.29 is 4.89 Å². The van der Waals surface area contributed by atoms with Gasteiger partial charge in [-0.3, -0.25) is 0 Å². The minimum absolute atomic E-state index is 0.254. The highest BCUT2D eigenvalue weighted by Gasteiger charge is 2.60. The van der Waals surface area contributed by atoms with Gasteiger partial charge >= 0.3 is 0 Å². The second kappa shape index (κ2) is 6.36. The molecular formula is C20H27NOP+. The van der Waals surface area contributed by atoms with Crippen LogP contribution in [0.15, 0.2) is 48.5 Å². The van der Waals surface area contributed by atoms with Crippen molar-refractivity contribution in [2.24, 2.45) is 0 Å². The van der Waals surface area contributed by atoms with Gasteiger partial charge in [-0.25, -0.2) is 4.89 Å². The third-order valence-electron chi connectivity index (χ3n) is 5.20. The number of rotatable bonds is 3. The maximum Gasteiger partial charge on any atom is 0.225 e. The lowest BCUT2D eigenvalue weighted by Gasteiger charge is -2.32. The Labute approximate surface area is 140 Å². The van der Waals surface area contributed by atoms with Crippen molar-refractivity contribution in [3.8, 4) is 0 Å². The Morgan fingerprint density at radius 2 is 1.13 bits per heavy atom. The molecule has 2 aromatic rings. The molecule has 1 fully saturated rings. The molecule has 2 aromatic carbocycles. The van der Waals surface area contributed by atoms with Gasteiger partial charge in [0.1, 0.15) is 11.3 Å². The topological polar surface area (TPSA) is 23.5 Å². The van der Waals surface area contributed by atoms with Gasteiger partial charge in [0.05, 0.1) is 0 Å². The second-order valence-corrected chi connectivity index (χ2v) is 10.4. The average Bonchev–Trinajstić information content (AvgIpc) is 2.88. The minimum atomic E-state index is -2.25. The van der Waals surface area contributed by atoms with Crippen LogP contribution in [0, 0.1) is 13.8 Å². The van der Waals surface area contributed by atoms with Crippen LogP contribution in [0.4, 0.5) is 0 Å². The van der Waals surface area contributed by atoms with Crippen LogP contribution in [-0.4, -0.2) is 23.7 Å². The zero-order chi connectivity index (χ0) is 16.6. The summed E-state index contributed by atoms with van der Waals surface area (Å²) in [7, 11) is 1.83. The third-order valence-corrected chi connectivity index (χ3v) is 9.43. The van der Waals surface area contributed by atoms with E-state index in [1.807, 2.05) is 14.1 Å². The molecule has 0 saturated carbocycles. The lowest BCUT2D eigenvalue weighted by Crippen LogP contribution is -2.20. The van der Waals surface area contributed by atoms with Crippen LogP contribution in [-0.2, 0) is 0 Å². The van der Waals surface area contributed by atoms with Crippen molar-refractivity contribution in [1.29, 1.82) is 0 Å². The largest absolute Gasteiger partial charge is 0.232 e. The molecular weight excluding hydrogens is 301 g/mol. The summed E-state index contributed by atoms with van der Waals surface area (Å²) in [5, 5.41) is 0. The molecule has 1 saturated heterocycles. The molecule has 2 atom stereocenters. The van der Waals surface area contributed by atoms with Gasteiger partial charge in [0.2, 0.25) is 7.64 Å². The highest BCUT2D eigenvalue weighted by molar-refractivity contribution is 7.69. The zero-order valence-corrected chi connectivity index (χ0v) is 15.4. The molecule has 3 rings (SSSR count). The predicted octanol–water partition coefficient (Wildman–Crippen LogP) is 5.28. The summed E-state index contributed by atoms with van der Waals surface area (Å²) in [6.45, 7) is 4.22. The number of hydrogen-bond donors (Lipinski definition) is 1. The van der Waals surface area contributed by atoms with Crippen LogP contribution in [0.2, 0.25) is 0 Å². The molecule has 0 radical (unpaired) electrons.